The fourth-order valence-electron chi connectivity index (χ4n) is 2.60. The van der Waals surface area contributed by atoms with Gasteiger partial charge in [-0.1, -0.05) is 6.92 Å². The Hall–Kier alpha value is -3.73. The van der Waals surface area contributed by atoms with Gasteiger partial charge in [-0.05, 0) is 63.6 Å². The van der Waals surface area contributed by atoms with Crippen LogP contribution in [0.15, 0.2) is 42.5 Å². The molecule has 1 atom stereocenters. The molecule has 0 aromatic heterocycles. The minimum atomic E-state index is -0.725. The van der Waals surface area contributed by atoms with Gasteiger partial charge in [0.1, 0.15) is 35.0 Å². The van der Waals surface area contributed by atoms with Crippen molar-refractivity contribution < 1.29 is 23.8 Å². The number of rotatable bonds is 7. The molecule has 2 N–H and O–H groups in total. The fourth-order valence-corrected chi connectivity index (χ4v) is 2.60. The van der Waals surface area contributed by atoms with Crippen molar-refractivity contribution in [2.45, 2.75) is 45.8 Å². The number of hydrogen-bond donors (Lipinski definition) is 2. The van der Waals surface area contributed by atoms with Gasteiger partial charge in [0.25, 0.3) is 0 Å². The lowest BCUT2D eigenvalue weighted by Crippen LogP contribution is -2.45. The molecule has 0 unspecified atom stereocenters. The lowest BCUT2D eigenvalue weighted by Gasteiger charge is -2.22. The lowest BCUT2D eigenvalue weighted by molar-refractivity contribution is -0.118. The van der Waals surface area contributed by atoms with E-state index in [9.17, 15) is 9.59 Å². The van der Waals surface area contributed by atoms with E-state index in [0.29, 0.717) is 34.9 Å². The quantitative estimate of drug-likeness (QED) is 0.671. The fraction of sp³-hybridized carbons (Fsp3) is 0.348. The summed E-state index contributed by atoms with van der Waals surface area (Å²) >= 11 is 0. The Morgan fingerprint density at radius 2 is 1.74 bits per heavy atom. The van der Waals surface area contributed by atoms with E-state index >= 15 is 0 Å². The summed E-state index contributed by atoms with van der Waals surface area (Å²) in [6.45, 7) is 7.06. The molecule has 0 aliphatic heterocycles. The van der Waals surface area contributed by atoms with Gasteiger partial charge in [-0.25, -0.2) is 4.79 Å². The smallest absolute Gasteiger partial charge is 0.408 e. The predicted molar refractivity (Wildman–Crippen MR) is 116 cm³/mol. The number of ether oxygens (including phenoxy) is 3. The van der Waals surface area contributed by atoms with Crippen LogP contribution in [0.2, 0.25) is 0 Å². The number of nitriles is 1. The van der Waals surface area contributed by atoms with E-state index in [1.165, 1.54) is 7.11 Å². The van der Waals surface area contributed by atoms with Gasteiger partial charge in [0.15, 0.2) is 0 Å². The zero-order chi connectivity index (χ0) is 23.0. The van der Waals surface area contributed by atoms with Crippen molar-refractivity contribution in [3.8, 4) is 23.3 Å². The molecule has 0 fully saturated rings. The van der Waals surface area contributed by atoms with Crippen LogP contribution in [0.1, 0.15) is 39.7 Å². The van der Waals surface area contributed by atoms with E-state index < -0.39 is 17.7 Å². The van der Waals surface area contributed by atoms with E-state index in [0.717, 1.165) is 0 Å². The molecule has 2 aromatic carbocycles. The first kappa shape index (κ1) is 23.5. The molecule has 0 heterocycles. The highest BCUT2D eigenvalue weighted by atomic mass is 16.6. The van der Waals surface area contributed by atoms with Crippen LogP contribution in [-0.4, -0.2) is 30.8 Å². The summed E-state index contributed by atoms with van der Waals surface area (Å²) in [6.07, 6.45) is -0.233. The number of carbonyl (C=O) groups excluding carboxylic acids is 2. The standard InChI is InChI=1S/C23H27N3O5/c1-6-19(26-22(28)31-23(2,3)4)21(27)25-16-8-11-17(12-9-16)30-18-10-7-15(14-24)20(13-18)29-5/h7-13,19H,6H2,1-5H3,(H,25,27)(H,26,28)/t19-/m1/s1. The summed E-state index contributed by atoms with van der Waals surface area (Å²) in [6, 6.07) is 13.0. The summed E-state index contributed by atoms with van der Waals surface area (Å²) in [5.74, 6) is 1.13. The number of hydrogen-bond acceptors (Lipinski definition) is 6. The first-order valence-corrected chi connectivity index (χ1v) is 9.81. The number of anilines is 1. The van der Waals surface area contributed by atoms with Gasteiger partial charge in [-0.15, -0.1) is 0 Å². The maximum absolute atomic E-state index is 12.5. The van der Waals surface area contributed by atoms with Crippen LogP contribution in [0.4, 0.5) is 10.5 Å². The number of nitrogens with zero attached hydrogens (tertiary/aromatic N) is 1. The zero-order valence-electron chi connectivity index (χ0n) is 18.3. The Morgan fingerprint density at radius 3 is 2.29 bits per heavy atom. The van der Waals surface area contributed by atoms with Gasteiger partial charge in [0.2, 0.25) is 5.91 Å². The molecule has 8 heteroatoms. The van der Waals surface area contributed by atoms with Crippen molar-refractivity contribution >= 4 is 17.7 Å². The summed E-state index contributed by atoms with van der Waals surface area (Å²) in [5, 5.41) is 14.4. The molecule has 2 aromatic rings. The van der Waals surface area contributed by atoms with E-state index in [-0.39, 0.29) is 5.91 Å². The van der Waals surface area contributed by atoms with Crippen LogP contribution in [-0.2, 0) is 9.53 Å². The van der Waals surface area contributed by atoms with Gasteiger partial charge in [0.05, 0.1) is 12.7 Å². The van der Waals surface area contributed by atoms with Gasteiger partial charge >= 0.3 is 6.09 Å². The second-order valence-electron chi connectivity index (χ2n) is 7.70. The highest BCUT2D eigenvalue weighted by Gasteiger charge is 2.23. The number of methoxy groups -OCH3 is 1. The maximum Gasteiger partial charge on any atom is 0.408 e. The average molecular weight is 425 g/mol. The average Bonchev–Trinajstić information content (AvgIpc) is 2.72. The maximum atomic E-state index is 12.5. The van der Waals surface area contributed by atoms with Gasteiger partial charge in [0, 0.05) is 11.8 Å². The molecular formula is C23H27N3O5. The highest BCUT2D eigenvalue weighted by Crippen LogP contribution is 2.28. The molecule has 164 valence electrons. The zero-order valence-corrected chi connectivity index (χ0v) is 18.3. The molecule has 31 heavy (non-hydrogen) atoms. The third-order valence-electron chi connectivity index (χ3n) is 4.07. The van der Waals surface area contributed by atoms with Crippen LogP contribution in [0.3, 0.4) is 0 Å². The number of benzene rings is 2. The summed E-state index contributed by atoms with van der Waals surface area (Å²) in [4.78, 5) is 24.4. The Kier molecular flexibility index (Phi) is 7.86. The largest absolute Gasteiger partial charge is 0.495 e. The molecule has 0 saturated carbocycles. The predicted octanol–water partition coefficient (Wildman–Crippen LogP) is 4.60. The summed E-state index contributed by atoms with van der Waals surface area (Å²) in [5.41, 5.74) is 0.325. The Bertz CT molecular complexity index is 959. The monoisotopic (exact) mass is 425 g/mol. The van der Waals surface area contributed by atoms with Gasteiger partial charge in [-0.3, -0.25) is 4.79 Å². The number of carbonyl (C=O) groups is 2. The van der Waals surface area contributed by atoms with Crippen LogP contribution >= 0.6 is 0 Å². The second kappa shape index (κ2) is 10.3. The minimum Gasteiger partial charge on any atom is -0.495 e. The molecule has 0 saturated heterocycles. The van der Waals surface area contributed by atoms with Crippen molar-refractivity contribution in [3.05, 3.63) is 48.0 Å². The number of alkyl carbamates (subject to hydrolysis) is 1. The van der Waals surface area contributed by atoms with Crippen molar-refractivity contribution in [2.75, 3.05) is 12.4 Å². The first-order valence-electron chi connectivity index (χ1n) is 9.81. The lowest BCUT2D eigenvalue weighted by atomic mass is 10.2. The van der Waals surface area contributed by atoms with Crippen molar-refractivity contribution in [1.82, 2.24) is 5.32 Å². The van der Waals surface area contributed by atoms with E-state index in [4.69, 9.17) is 19.5 Å². The van der Waals surface area contributed by atoms with Crippen molar-refractivity contribution in [3.63, 3.8) is 0 Å². The van der Waals surface area contributed by atoms with Gasteiger partial charge in [-0.2, -0.15) is 5.26 Å². The Labute approximate surface area is 182 Å². The van der Waals surface area contributed by atoms with Crippen LogP contribution in [0.25, 0.3) is 0 Å². The molecule has 0 spiro atoms. The SMILES string of the molecule is CC[C@@H](NC(=O)OC(C)(C)C)C(=O)Nc1ccc(Oc2ccc(C#N)c(OC)c2)cc1. The molecular weight excluding hydrogens is 398 g/mol. The Morgan fingerprint density at radius 1 is 1.10 bits per heavy atom. The third kappa shape index (κ3) is 7.23. The summed E-state index contributed by atoms with van der Waals surface area (Å²) in [7, 11) is 1.48. The number of amides is 2. The molecule has 2 rings (SSSR count). The highest BCUT2D eigenvalue weighted by molar-refractivity contribution is 5.96. The number of nitrogens with one attached hydrogen (secondary N) is 2. The normalized spacial score (nSPS) is 11.6. The minimum absolute atomic E-state index is 0.348. The summed E-state index contributed by atoms with van der Waals surface area (Å²) < 4.78 is 16.1. The molecule has 8 nitrogen and oxygen atoms in total. The van der Waals surface area contributed by atoms with Crippen LogP contribution in [0.5, 0.6) is 17.2 Å². The Balaban J connectivity index is 1.99. The van der Waals surface area contributed by atoms with E-state index in [1.807, 2.05) is 6.07 Å². The second-order valence-corrected chi connectivity index (χ2v) is 7.70. The van der Waals surface area contributed by atoms with Crippen molar-refractivity contribution in [1.29, 1.82) is 5.26 Å². The van der Waals surface area contributed by atoms with E-state index in [1.54, 1.807) is 70.2 Å². The van der Waals surface area contributed by atoms with Gasteiger partial charge < -0.3 is 24.8 Å². The van der Waals surface area contributed by atoms with Crippen molar-refractivity contribution in [2.24, 2.45) is 0 Å². The van der Waals surface area contributed by atoms with Crippen LogP contribution in [0, 0.1) is 11.3 Å². The third-order valence-corrected chi connectivity index (χ3v) is 4.07. The van der Waals surface area contributed by atoms with Crippen LogP contribution < -0.4 is 20.1 Å². The molecule has 2 amide bonds. The topological polar surface area (TPSA) is 110 Å². The van der Waals surface area contributed by atoms with E-state index in [2.05, 4.69) is 10.6 Å². The first-order chi connectivity index (χ1) is 14.6. The molecule has 0 aliphatic carbocycles. The molecule has 0 radical (unpaired) electrons. The molecule has 0 bridgehead atoms. The molecule has 0 aliphatic rings.